The van der Waals surface area contributed by atoms with E-state index >= 15 is 0 Å². The van der Waals surface area contributed by atoms with Crippen LogP contribution in [0.1, 0.15) is 19.3 Å². The number of hydrogen-bond donors (Lipinski definition) is 1. The molecule has 92 valence electrons. The van der Waals surface area contributed by atoms with Crippen molar-refractivity contribution in [2.24, 2.45) is 5.41 Å². The minimum absolute atomic E-state index is 0.245. The lowest BCUT2D eigenvalue weighted by Gasteiger charge is -2.37. The van der Waals surface area contributed by atoms with Crippen LogP contribution in [0.15, 0.2) is 24.3 Å². The number of benzene rings is 1. The zero-order valence-corrected chi connectivity index (χ0v) is 9.81. The molecule has 1 aromatic carbocycles. The van der Waals surface area contributed by atoms with Gasteiger partial charge < -0.3 is 14.6 Å². The number of rotatable bonds is 5. The molecule has 1 aliphatic rings. The Hall–Kier alpha value is -1.71. The van der Waals surface area contributed by atoms with E-state index in [9.17, 15) is 4.79 Å². The summed E-state index contributed by atoms with van der Waals surface area (Å²) in [6, 6.07) is 7.16. The molecule has 1 saturated carbocycles. The molecule has 1 fully saturated rings. The highest BCUT2D eigenvalue weighted by Crippen LogP contribution is 2.41. The topological polar surface area (TPSA) is 55.8 Å². The number of carboxylic acid groups (broad SMARTS) is 1. The van der Waals surface area contributed by atoms with E-state index in [1.807, 2.05) is 0 Å². The van der Waals surface area contributed by atoms with Crippen LogP contribution in [0.5, 0.6) is 11.5 Å². The molecule has 4 heteroatoms. The third kappa shape index (κ3) is 2.35. The van der Waals surface area contributed by atoms with E-state index < -0.39 is 11.4 Å². The van der Waals surface area contributed by atoms with Gasteiger partial charge in [0.05, 0.1) is 7.11 Å². The van der Waals surface area contributed by atoms with Gasteiger partial charge in [-0.3, -0.25) is 4.79 Å². The third-order valence-electron chi connectivity index (χ3n) is 3.34. The SMILES string of the molecule is COc1ccc(OCC2(C(=O)O)CCC2)cc1. The summed E-state index contributed by atoms with van der Waals surface area (Å²) in [6.07, 6.45) is 2.38. The van der Waals surface area contributed by atoms with E-state index in [0.29, 0.717) is 18.6 Å². The lowest BCUT2D eigenvalue weighted by molar-refractivity contribution is -0.157. The van der Waals surface area contributed by atoms with Crippen molar-refractivity contribution in [1.82, 2.24) is 0 Å². The second-order valence-corrected chi connectivity index (χ2v) is 4.40. The summed E-state index contributed by atoms with van der Waals surface area (Å²) < 4.78 is 10.6. The molecule has 0 spiro atoms. The molecule has 0 radical (unpaired) electrons. The molecule has 1 aliphatic carbocycles. The number of aliphatic carboxylic acids is 1. The lowest BCUT2D eigenvalue weighted by atomic mass is 9.69. The second-order valence-electron chi connectivity index (χ2n) is 4.40. The van der Waals surface area contributed by atoms with Gasteiger partial charge in [0.1, 0.15) is 23.5 Å². The van der Waals surface area contributed by atoms with Gasteiger partial charge in [-0.2, -0.15) is 0 Å². The van der Waals surface area contributed by atoms with E-state index in [2.05, 4.69) is 0 Å². The monoisotopic (exact) mass is 236 g/mol. The first-order chi connectivity index (χ1) is 8.16. The third-order valence-corrected chi connectivity index (χ3v) is 3.34. The average Bonchev–Trinajstić information content (AvgIpc) is 2.28. The van der Waals surface area contributed by atoms with Crippen molar-refractivity contribution in [3.8, 4) is 11.5 Å². The molecule has 0 aliphatic heterocycles. The van der Waals surface area contributed by atoms with Crippen molar-refractivity contribution in [2.75, 3.05) is 13.7 Å². The maximum absolute atomic E-state index is 11.1. The zero-order chi connectivity index (χ0) is 12.3. The Morgan fingerprint density at radius 3 is 2.29 bits per heavy atom. The Kier molecular flexibility index (Phi) is 3.22. The number of ether oxygens (including phenoxy) is 2. The number of methoxy groups -OCH3 is 1. The molecule has 0 amide bonds. The Labute approximate surface area is 100 Å². The van der Waals surface area contributed by atoms with Crippen LogP contribution < -0.4 is 9.47 Å². The highest BCUT2D eigenvalue weighted by Gasteiger charge is 2.45. The summed E-state index contributed by atoms with van der Waals surface area (Å²) in [7, 11) is 1.60. The summed E-state index contributed by atoms with van der Waals surface area (Å²) >= 11 is 0. The van der Waals surface area contributed by atoms with E-state index in [-0.39, 0.29) is 6.61 Å². The normalized spacial score (nSPS) is 17.0. The van der Waals surface area contributed by atoms with E-state index in [1.54, 1.807) is 31.4 Å². The minimum atomic E-state index is -0.753. The molecule has 4 nitrogen and oxygen atoms in total. The fourth-order valence-electron chi connectivity index (χ4n) is 1.92. The second kappa shape index (κ2) is 4.65. The summed E-state index contributed by atoms with van der Waals surface area (Å²) in [5, 5.41) is 9.14. The first-order valence-electron chi connectivity index (χ1n) is 5.66. The van der Waals surface area contributed by atoms with Gasteiger partial charge in [-0.25, -0.2) is 0 Å². The first-order valence-corrected chi connectivity index (χ1v) is 5.66. The maximum Gasteiger partial charge on any atom is 0.313 e. The molecule has 0 atom stereocenters. The Balaban J connectivity index is 1.94. The van der Waals surface area contributed by atoms with Crippen LogP contribution in [0.3, 0.4) is 0 Å². The van der Waals surface area contributed by atoms with Crippen molar-refractivity contribution in [2.45, 2.75) is 19.3 Å². The molecule has 1 N–H and O–H groups in total. The molecule has 0 unspecified atom stereocenters. The smallest absolute Gasteiger partial charge is 0.313 e. The van der Waals surface area contributed by atoms with Crippen molar-refractivity contribution < 1.29 is 19.4 Å². The summed E-state index contributed by atoms with van der Waals surface area (Å²) in [5.41, 5.74) is -0.667. The van der Waals surface area contributed by atoms with Gasteiger partial charge in [-0.1, -0.05) is 6.42 Å². The highest BCUT2D eigenvalue weighted by atomic mass is 16.5. The lowest BCUT2D eigenvalue weighted by Crippen LogP contribution is -2.43. The number of carboxylic acids is 1. The fourth-order valence-corrected chi connectivity index (χ4v) is 1.92. The van der Waals surface area contributed by atoms with E-state index in [1.165, 1.54) is 0 Å². The molecular formula is C13H16O4. The maximum atomic E-state index is 11.1. The molecule has 0 bridgehead atoms. The molecule has 0 saturated heterocycles. The predicted octanol–water partition coefficient (Wildman–Crippen LogP) is 2.33. The minimum Gasteiger partial charge on any atom is -0.497 e. The van der Waals surface area contributed by atoms with Crippen molar-refractivity contribution in [3.05, 3.63) is 24.3 Å². The van der Waals surface area contributed by atoms with Gasteiger partial charge in [0.25, 0.3) is 0 Å². The molecule has 0 heterocycles. The van der Waals surface area contributed by atoms with Crippen LogP contribution in [0, 0.1) is 5.41 Å². The number of hydrogen-bond acceptors (Lipinski definition) is 3. The Bertz CT molecular complexity index is 392. The van der Waals surface area contributed by atoms with Crippen molar-refractivity contribution in [3.63, 3.8) is 0 Å². The van der Waals surface area contributed by atoms with Crippen molar-refractivity contribution >= 4 is 5.97 Å². The van der Waals surface area contributed by atoms with Crippen LogP contribution in [-0.2, 0) is 4.79 Å². The summed E-state index contributed by atoms with van der Waals surface area (Å²) in [5.74, 6) is 0.685. The quantitative estimate of drug-likeness (QED) is 0.852. The first kappa shape index (κ1) is 11.8. The standard InChI is InChI=1S/C13H16O4/c1-16-10-3-5-11(6-4-10)17-9-13(12(14)15)7-2-8-13/h3-6H,2,7-9H2,1H3,(H,14,15). The zero-order valence-electron chi connectivity index (χ0n) is 9.81. The molecule has 2 rings (SSSR count). The Morgan fingerprint density at radius 1 is 1.29 bits per heavy atom. The average molecular weight is 236 g/mol. The van der Waals surface area contributed by atoms with Crippen LogP contribution in [0.4, 0.5) is 0 Å². The Morgan fingerprint density at radius 2 is 1.88 bits per heavy atom. The van der Waals surface area contributed by atoms with Crippen LogP contribution in [0.2, 0.25) is 0 Å². The highest BCUT2D eigenvalue weighted by molar-refractivity contribution is 5.75. The van der Waals surface area contributed by atoms with Gasteiger partial charge in [0, 0.05) is 0 Å². The molecular weight excluding hydrogens is 220 g/mol. The largest absolute Gasteiger partial charge is 0.497 e. The van der Waals surface area contributed by atoms with Crippen LogP contribution in [-0.4, -0.2) is 24.8 Å². The van der Waals surface area contributed by atoms with Crippen molar-refractivity contribution in [1.29, 1.82) is 0 Å². The van der Waals surface area contributed by atoms with E-state index in [4.69, 9.17) is 14.6 Å². The van der Waals surface area contributed by atoms with E-state index in [0.717, 1.165) is 12.2 Å². The fraction of sp³-hybridized carbons (Fsp3) is 0.462. The summed E-state index contributed by atoms with van der Waals surface area (Å²) in [4.78, 5) is 11.1. The van der Waals surface area contributed by atoms with Crippen LogP contribution >= 0.6 is 0 Å². The van der Waals surface area contributed by atoms with Gasteiger partial charge in [-0.15, -0.1) is 0 Å². The van der Waals surface area contributed by atoms with Gasteiger partial charge >= 0.3 is 5.97 Å². The van der Waals surface area contributed by atoms with Crippen LogP contribution in [0.25, 0.3) is 0 Å². The molecule has 0 aromatic heterocycles. The van der Waals surface area contributed by atoms with Gasteiger partial charge in [0.15, 0.2) is 0 Å². The predicted molar refractivity (Wildman–Crippen MR) is 62.4 cm³/mol. The molecule has 1 aromatic rings. The van der Waals surface area contributed by atoms with Gasteiger partial charge in [0.2, 0.25) is 0 Å². The summed E-state index contributed by atoms with van der Waals surface area (Å²) in [6.45, 7) is 0.245. The van der Waals surface area contributed by atoms with Gasteiger partial charge in [-0.05, 0) is 37.1 Å². The molecule has 17 heavy (non-hydrogen) atoms. The number of carbonyl (C=O) groups is 1.